The average molecular weight is 2000 g/mol. The van der Waals surface area contributed by atoms with Gasteiger partial charge in [0.2, 0.25) is 17.7 Å². The molecule has 0 spiro atoms. The number of carboxylic acid groups (broad SMARTS) is 2. The molecule has 8 aromatic carbocycles. The second-order valence-electron chi connectivity index (χ2n) is 35.0. The largest absolute Gasteiger partial charge is 0.480 e. The van der Waals surface area contributed by atoms with Crippen molar-refractivity contribution in [3.05, 3.63) is 263 Å². The van der Waals surface area contributed by atoms with Crippen LogP contribution >= 0.6 is 0 Å². The molecular formula is C102H105N19O25. The van der Waals surface area contributed by atoms with E-state index in [2.05, 4.69) is 41.2 Å². The number of anilines is 4. The van der Waals surface area contributed by atoms with Crippen molar-refractivity contribution < 1.29 is 122 Å². The number of nitrogens with zero attached hydrogens (tertiary/aromatic N) is 8. The summed E-state index contributed by atoms with van der Waals surface area (Å²) in [6.45, 7) is 11.8. The minimum Gasteiger partial charge on any atom is -0.480 e. The number of carbonyl (C=O) groups excluding carboxylic acids is 17. The summed E-state index contributed by atoms with van der Waals surface area (Å²) in [5.74, 6) is -13.9. The van der Waals surface area contributed by atoms with E-state index in [1.54, 1.807) is 168 Å². The Morgan fingerprint density at radius 1 is 0.301 bits per heavy atom. The lowest BCUT2D eigenvalue weighted by atomic mass is 10.1. The van der Waals surface area contributed by atoms with Crippen LogP contribution in [0.4, 0.5) is 22.7 Å². The normalized spacial score (nSPS) is 16.9. The molecule has 0 aliphatic carbocycles. The van der Waals surface area contributed by atoms with Gasteiger partial charge in [0, 0.05) is 178 Å². The maximum Gasteiger partial charge on any atom is 0.334 e. The number of rotatable bonds is 25. The van der Waals surface area contributed by atoms with Crippen LogP contribution in [0, 0.1) is 0 Å². The summed E-state index contributed by atoms with van der Waals surface area (Å²) in [5.41, 5.74) is 21.1. The standard InChI is InChI=1S/3C26H27N5O7.C24H24N4O4/c1-14-13-30(24(35)15-6-3-2-4-7-15)10-11-31(14)25(36)21(32)17-12-28-20-16(17)8-5-9-18(20)29-23(34)22(33)19(27)26(37)38;1-14-13-30(24(35)15-6-3-2-4-7-15)10-11-31(14)25(36)21(32)17-12-28-20-16(17)8-5-9-18(20)29-23(34)19(27)22(33)26(37)38;1-14-13-30(25(37)15-6-3-2-4-7-15)10-11-31(14)26(38)20(32)17-12-28-19-16(17)8-5-9-18(19)29-24(36)22(34)21(33)23(27)35;1-15-14-27(23(31)17-7-4-3-5-8-17)11-12-28(15)24(32)22(30)19-13-25-21-18(19)9-6-10-20(21)26-16(2)29/h2*2-9,12,14,19,22,28,33H,10-11,13,27H2,1H3,(H,29,34)(H,37,38);2-9,12,14,21-22,28,33-34H,10-11,13H2,1H3,(H2,27,35)(H,29,36);3-10,13,15,25H,11-12,14H2,1-2H3,(H,26,29)/t2*14-,19?,22?;14-,21?,22?;15-/m1111/s1. The molecular weight excluding hydrogens is 1890 g/mol. The smallest absolute Gasteiger partial charge is 0.334 e. The number of fused-ring (bicyclic) bond motifs is 4. The Balaban J connectivity index is 0.000000163. The molecule has 4 fully saturated rings. The van der Waals surface area contributed by atoms with Gasteiger partial charge >= 0.3 is 11.9 Å². The lowest BCUT2D eigenvalue weighted by molar-refractivity contribution is -0.149. The molecule has 146 heavy (non-hydrogen) atoms. The number of nitrogens with one attached hydrogen (secondary N) is 8. The number of primary amides is 1. The molecule has 6 unspecified atom stereocenters. The minimum atomic E-state index is -2.10. The monoisotopic (exact) mass is 2000 g/mol. The number of benzene rings is 8. The zero-order valence-electron chi connectivity index (χ0n) is 79.3. The number of ketones is 4. The van der Waals surface area contributed by atoms with Gasteiger partial charge in [-0.2, -0.15) is 0 Å². The van der Waals surface area contributed by atoms with Crippen LogP contribution in [0.2, 0.25) is 0 Å². The van der Waals surface area contributed by atoms with Crippen LogP contribution in [0.1, 0.15) is 117 Å². The molecule has 8 heterocycles. The summed E-state index contributed by atoms with van der Waals surface area (Å²) in [7, 11) is 0. The van der Waals surface area contributed by atoms with E-state index in [1.165, 1.54) is 81.6 Å². The molecule has 758 valence electrons. The number of Topliss-reactive ketones (excluding diaryl/α,β-unsaturated/α-hetero) is 4. The lowest BCUT2D eigenvalue weighted by Crippen LogP contribution is -2.56. The highest BCUT2D eigenvalue weighted by atomic mass is 16.4. The van der Waals surface area contributed by atoms with E-state index in [0.29, 0.717) is 84.6 Å². The first-order valence-corrected chi connectivity index (χ1v) is 46.0. The Hall–Kier alpha value is -17.6. The topological polar surface area (TPSA) is 661 Å². The van der Waals surface area contributed by atoms with Crippen LogP contribution in [-0.2, 0) is 52.7 Å². The number of aliphatic carboxylic acids is 2. The average Bonchev–Trinajstić information content (AvgIpc) is 1.64. The van der Waals surface area contributed by atoms with Crippen LogP contribution in [-0.4, -0.2) is 341 Å². The number of carboxylic acids is 2. The molecule has 4 aliphatic heterocycles. The zero-order chi connectivity index (χ0) is 106. The van der Waals surface area contributed by atoms with Crippen LogP contribution in [0.15, 0.2) is 219 Å². The van der Waals surface area contributed by atoms with Crippen LogP contribution in [0.3, 0.4) is 0 Å². The van der Waals surface area contributed by atoms with Gasteiger partial charge in [0.1, 0.15) is 12.1 Å². The number of carbonyl (C=O) groups is 19. The highest BCUT2D eigenvalue weighted by molar-refractivity contribution is 6.47. The fourth-order valence-corrected chi connectivity index (χ4v) is 17.3. The van der Waals surface area contributed by atoms with Gasteiger partial charge in [-0.3, -0.25) is 86.3 Å². The summed E-state index contributed by atoms with van der Waals surface area (Å²) in [6.07, 6.45) is -2.77. The number of amides is 13. The molecule has 0 saturated carbocycles. The second-order valence-corrected chi connectivity index (χ2v) is 35.0. The first-order chi connectivity index (χ1) is 69.6. The van der Waals surface area contributed by atoms with Crippen LogP contribution in [0.5, 0.6) is 0 Å². The molecule has 4 aromatic heterocycles. The summed E-state index contributed by atoms with van der Waals surface area (Å²) in [4.78, 5) is 262. The van der Waals surface area contributed by atoms with Crippen molar-refractivity contribution in [3.8, 4) is 0 Å². The maximum atomic E-state index is 13.2. The van der Waals surface area contributed by atoms with E-state index in [1.807, 2.05) is 43.3 Å². The van der Waals surface area contributed by atoms with Crippen molar-refractivity contribution in [2.75, 3.05) is 99.8 Å². The van der Waals surface area contributed by atoms with Gasteiger partial charge in [-0.25, -0.2) is 4.79 Å². The molecule has 4 aliphatic rings. The van der Waals surface area contributed by atoms with E-state index < -0.39 is 137 Å². The molecule has 16 rings (SSSR count). The van der Waals surface area contributed by atoms with Crippen molar-refractivity contribution >= 4 is 178 Å². The number of aromatic amines is 4. The van der Waals surface area contributed by atoms with E-state index in [0.717, 1.165) is 0 Å². The quantitative estimate of drug-likeness (QED) is 0.0288. The molecule has 20 N–H and O–H groups in total. The summed E-state index contributed by atoms with van der Waals surface area (Å²) in [6, 6.07) is 49.5. The second kappa shape index (κ2) is 46.4. The van der Waals surface area contributed by atoms with Gasteiger partial charge < -0.3 is 128 Å². The van der Waals surface area contributed by atoms with Crippen molar-refractivity contribution in [2.45, 2.75) is 95.3 Å². The highest BCUT2D eigenvalue weighted by Gasteiger charge is 2.42. The summed E-state index contributed by atoms with van der Waals surface area (Å²) < 4.78 is 0. The number of hydrogen-bond donors (Lipinski definition) is 17. The molecule has 4 saturated heterocycles. The van der Waals surface area contributed by atoms with Gasteiger partial charge in [0.05, 0.1) is 67.1 Å². The van der Waals surface area contributed by atoms with Crippen molar-refractivity contribution in [3.63, 3.8) is 0 Å². The van der Waals surface area contributed by atoms with Gasteiger partial charge in [0.25, 0.3) is 82.2 Å². The van der Waals surface area contributed by atoms with Crippen LogP contribution in [0.25, 0.3) is 43.6 Å². The molecule has 0 bridgehead atoms. The molecule has 13 amide bonds. The van der Waals surface area contributed by atoms with Crippen molar-refractivity contribution in [1.29, 1.82) is 0 Å². The van der Waals surface area contributed by atoms with Gasteiger partial charge in [0.15, 0.2) is 24.4 Å². The molecule has 12 aromatic rings. The summed E-state index contributed by atoms with van der Waals surface area (Å²) in [5, 5.41) is 68.1. The van der Waals surface area contributed by atoms with E-state index in [4.69, 9.17) is 27.4 Å². The predicted octanol–water partition coefficient (Wildman–Crippen LogP) is 3.42. The molecule has 0 radical (unpaired) electrons. The minimum absolute atomic E-state index is 0.0776. The van der Waals surface area contributed by atoms with Gasteiger partial charge in [-0.1, -0.05) is 121 Å². The SMILES string of the molecule is CC(=O)Nc1cccc2c(C(=O)C(=O)N3CCN(C(=O)c4ccccc4)C[C@H]3C)c[nH]c12.C[C@@H]1CN(C(=O)c2ccccc2)CCN1C(=O)C(=O)c1c[nH]c2c(NC(=O)C(N)C(O)C(=O)O)cccc12.C[C@@H]1CN(C(=O)c2ccccc2)CCN1C(=O)C(=O)c1c[nH]c2c(NC(=O)C(O)C(N)C(=O)O)cccc12.C[C@@H]1CN(C(=O)c2ccccc2)CCN1C(=O)C(=O)c1c[nH]c2c(NC(=O)C(O)C(O)C(N)=O)cccc12. The first-order valence-electron chi connectivity index (χ1n) is 46.0. The van der Waals surface area contributed by atoms with E-state index in [9.17, 15) is 112 Å². The Morgan fingerprint density at radius 2 is 0.548 bits per heavy atom. The number of aliphatic hydroxyl groups excluding tert-OH is 4. The number of para-hydroxylation sites is 4. The predicted molar refractivity (Wildman–Crippen MR) is 529 cm³/mol. The number of aliphatic hydroxyl groups is 4. The van der Waals surface area contributed by atoms with E-state index in [-0.39, 0.29) is 140 Å². The Labute approximate surface area is 830 Å². The summed E-state index contributed by atoms with van der Waals surface area (Å²) >= 11 is 0. The number of aromatic nitrogens is 4. The van der Waals surface area contributed by atoms with Crippen LogP contribution < -0.4 is 38.5 Å². The van der Waals surface area contributed by atoms with Crippen molar-refractivity contribution in [1.82, 2.24) is 59.1 Å². The Bertz CT molecular complexity index is 6560. The third kappa shape index (κ3) is 23.6. The third-order valence-electron chi connectivity index (χ3n) is 25.1. The van der Waals surface area contributed by atoms with Gasteiger partial charge in [-0.15, -0.1) is 0 Å². The fraction of sp³-hybridized carbons (Fsp3) is 0.265. The van der Waals surface area contributed by atoms with E-state index >= 15 is 0 Å². The Kier molecular flexibility index (Phi) is 33.6. The molecule has 10 atom stereocenters. The first kappa shape index (κ1) is 106. The maximum absolute atomic E-state index is 13.2. The third-order valence-corrected chi connectivity index (χ3v) is 25.1. The lowest BCUT2D eigenvalue weighted by Gasteiger charge is -2.39. The Morgan fingerprint density at radius 3 is 0.781 bits per heavy atom. The van der Waals surface area contributed by atoms with Gasteiger partial charge in [-0.05, 0) is 100 Å². The number of nitrogens with two attached hydrogens (primary N) is 3. The number of hydrogen-bond acceptors (Lipinski definition) is 25. The zero-order valence-corrected chi connectivity index (χ0v) is 79.3. The number of H-pyrrole nitrogens is 4. The number of piperazine rings is 4. The molecule has 44 nitrogen and oxygen atoms in total. The fourth-order valence-electron chi connectivity index (χ4n) is 17.3. The highest BCUT2D eigenvalue weighted by Crippen LogP contribution is 2.34. The van der Waals surface area contributed by atoms with Crippen molar-refractivity contribution in [2.24, 2.45) is 17.2 Å². The molecule has 44 heteroatoms.